The Labute approximate surface area is 163 Å². The summed E-state index contributed by atoms with van der Waals surface area (Å²) in [6, 6.07) is 15.0. The fourth-order valence-corrected chi connectivity index (χ4v) is 4.36. The number of aryl methyl sites for hydroxylation is 1. The quantitative estimate of drug-likeness (QED) is 0.435. The maximum Gasteiger partial charge on any atom is 0.259 e. The number of hydrogen-bond acceptors (Lipinski definition) is 5. The molecular weight excluding hydrogens is 397 g/mol. The average Bonchev–Trinajstić information content (AvgIpc) is 3.03. The predicted molar refractivity (Wildman–Crippen MR) is 105 cm³/mol. The van der Waals surface area contributed by atoms with Gasteiger partial charge in [-0.15, -0.1) is 10.2 Å². The Morgan fingerprint density at radius 1 is 1.12 bits per heavy atom. The fraction of sp³-hybridized carbons (Fsp3) is 0.118. The van der Waals surface area contributed by atoms with Crippen molar-refractivity contribution in [2.24, 2.45) is 0 Å². The van der Waals surface area contributed by atoms with Crippen LogP contribution in [-0.4, -0.2) is 21.9 Å². The first-order chi connectivity index (χ1) is 12.1. The zero-order chi connectivity index (χ0) is 17.6. The molecule has 3 aromatic rings. The Balaban J connectivity index is 1.55. The highest BCUT2D eigenvalue weighted by atomic mass is 35.5. The van der Waals surface area contributed by atoms with Crippen molar-refractivity contribution in [2.45, 2.75) is 10.8 Å². The number of nitrogens with one attached hydrogen (secondary N) is 1. The lowest BCUT2D eigenvalue weighted by Gasteiger charge is -2.03. The van der Waals surface area contributed by atoms with Crippen LogP contribution in [0.25, 0.3) is 0 Å². The molecule has 0 aliphatic heterocycles. The van der Waals surface area contributed by atoms with E-state index >= 15 is 0 Å². The predicted octanol–water partition coefficient (Wildman–Crippen LogP) is 5.43. The number of benzene rings is 2. The second-order valence-electron chi connectivity index (χ2n) is 5.04. The second-order valence-corrected chi connectivity index (χ2v) is 8.20. The summed E-state index contributed by atoms with van der Waals surface area (Å²) in [5.74, 6) is 0.564. The number of hydrogen-bond donors (Lipinski definition) is 1. The third-order valence-electron chi connectivity index (χ3n) is 3.26. The van der Waals surface area contributed by atoms with Crippen molar-refractivity contribution in [3.05, 3.63) is 69.7 Å². The topological polar surface area (TPSA) is 54.9 Å². The number of thioether (sulfide) groups is 1. The molecule has 0 bridgehead atoms. The Morgan fingerprint density at radius 3 is 2.68 bits per heavy atom. The van der Waals surface area contributed by atoms with Crippen LogP contribution in [-0.2, 0) is 6.42 Å². The van der Waals surface area contributed by atoms with Crippen LogP contribution in [0, 0.1) is 0 Å². The number of aromatic nitrogens is 2. The van der Waals surface area contributed by atoms with Crippen LogP contribution in [0.4, 0.5) is 5.13 Å². The maximum atomic E-state index is 12.2. The molecule has 4 nitrogen and oxygen atoms in total. The van der Waals surface area contributed by atoms with Gasteiger partial charge in [-0.05, 0) is 30.2 Å². The summed E-state index contributed by atoms with van der Waals surface area (Å²) in [4.78, 5) is 12.2. The van der Waals surface area contributed by atoms with Crippen molar-refractivity contribution in [2.75, 3.05) is 11.1 Å². The van der Waals surface area contributed by atoms with Gasteiger partial charge in [-0.2, -0.15) is 0 Å². The van der Waals surface area contributed by atoms with Gasteiger partial charge in [0.2, 0.25) is 5.13 Å². The first-order valence-electron chi connectivity index (χ1n) is 7.38. The molecule has 0 aliphatic rings. The van der Waals surface area contributed by atoms with Gasteiger partial charge in [-0.3, -0.25) is 10.1 Å². The number of halogens is 2. The monoisotopic (exact) mass is 409 g/mol. The molecule has 0 atom stereocenters. The summed E-state index contributed by atoms with van der Waals surface area (Å²) in [7, 11) is 0. The Kier molecular flexibility index (Phi) is 6.31. The average molecular weight is 410 g/mol. The number of carbonyl (C=O) groups excluding carboxylic acids is 1. The van der Waals surface area contributed by atoms with Crippen LogP contribution in [0.3, 0.4) is 0 Å². The number of nitrogens with zero attached hydrogens (tertiary/aromatic N) is 2. The van der Waals surface area contributed by atoms with E-state index in [1.807, 2.05) is 18.2 Å². The molecule has 0 aliphatic carbocycles. The van der Waals surface area contributed by atoms with E-state index < -0.39 is 0 Å². The molecule has 1 N–H and O–H groups in total. The van der Waals surface area contributed by atoms with Crippen LogP contribution >= 0.6 is 46.3 Å². The van der Waals surface area contributed by atoms with E-state index in [0.29, 0.717) is 20.7 Å². The van der Waals surface area contributed by atoms with Crippen molar-refractivity contribution in [1.82, 2.24) is 10.2 Å². The number of rotatable bonds is 6. The van der Waals surface area contributed by atoms with Crippen LogP contribution < -0.4 is 5.32 Å². The zero-order valence-corrected chi connectivity index (χ0v) is 16.1. The lowest BCUT2D eigenvalue weighted by Crippen LogP contribution is -2.12. The minimum atomic E-state index is -0.335. The number of anilines is 1. The molecule has 0 unspecified atom stereocenters. The van der Waals surface area contributed by atoms with Gasteiger partial charge in [-0.1, -0.05) is 76.6 Å². The van der Waals surface area contributed by atoms with Crippen LogP contribution in [0.2, 0.25) is 10.0 Å². The number of amides is 1. The van der Waals surface area contributed by atoms with Crippen molar-refractivity contribution < 1.29 is 4.79 Å². The molecule has 25 heavy (non-hydrogen) atoms. The fourth-order valence-electron chi connectivity index (χ4n) is 2.06. The summed E-state index contributed by atoms with van der Waals surface area (Å²) in [6.07, 6.45) is 0.952. The van der Waals surface area contributed by atoms with Gasteiger partial charge < -0.3 is 0 Å². The molecule has 1 heterocycles. The van der Waals surface area contributed by atoms with Crippen LogP contribution in [0.5, 0.6) is 0 Å². The van der Waals surface area contributed by atoms with Crippen LogP contribution in [0.15, 0.2) is 52.9 Å². The molecule has 0 spiro atoms. The molecule has 0 radical (unpaired) electrons. The smallest absolute Gasteiger partial charge is 0.259 e. The summed E-state index contributed by atoms with van der Waals surface area (Å²) in [6.45, 7) is 0. The highest BCUT2D eigenvalue weighted by Crippen LogP contribution is 2.27. The van der Waals surface area contributed by atoms with Gasteiger partial charge in [0.1, 0.15) is 0 Å². The molecule has 3 rings (SSSR count). The lowest BCUT2D eigenvalue weighted by molar-refractivity contribution is 0.102. The van der Waals surface area contributed by atoms with E-state index in [1.165, 1.54) is 23.0 Å². The summed E-state index contributed by atoms with van der Waals surface area (Å²) in [5.41, 5.74) is 1.63. The van der Waals surface area contributed by atoms with E-state index in [-0.39, 0.29) is 5.91 Å². The summed E-state index contributed by atoms with van der Waals surface area (Å²) >= 11 is 14.8. The molecule has 0 fully saturated rings. The largest absolute Gasteiger partial charge is 0.296 e. The van der Waals surface area contributed by atoms with E-state index in [0.717, 1.165) is 16.5 Å². The lowest BCUT2D eigenvalue weighted by atomic mass is 10.2. The second kappa shape index (κ2) is 8.67. The first kappa shape index (κ1) is 18.2. The Bertz CT molecular complexity index is 871. The number of carbonyl (C=O) groups is 1. The molecule has 0 saturated heterocycles. The highest BCUT2D eigenvalue weighted by molar-refractivity contribution is 8.01. The molecule has 1 amide bonds. The maximum absolute atomic E-state index is 12.2. The van der Waals surface area contributed by atoms with Crippen molar-refractivity contribution in [1.29, 1.82) is 0 Å². The summed E-state index contributed by atoms with van der Waals surface area (Å²) < 4.78 is 0.813. The summed E-state index contributed by atoms with van der Waals surface area (Å²) in [5, 5.41) is 12.0. The van der Waals surface area contributed by atoms with Crippen molar-refractivity contribution >= 4 is 57.3 Å². The van der Waals surface area contributed by atoms with Gasteiger partial charge in [0.15, 0.2) is 4.34 Å². The Morgan fingerprint density at radius 2 is 1.92 bits per heavy atom. The van der Waals surface area contributed by atoms with Crippen LogP contribution in [0.1, 0.15) is 15.9 Å². The van der Waals surface area contributed by atoms with Gasteiger partial charge in [0.25, 0.3) is 5.91 Å². The molecule has 2 aromatic carbocycles. The minimum absolute atomic E-state index is 0.298. The Hall–Kier alpha value is -1.60. The van der Waals surface area contributed by atoms with Crippen molar-refractivity contribution in [3.8, 4) is 0 Å². The van der Waals surface area contributed by atoms with Gasteiger partial charge in [0.05, 0.1) is 10.6 Å². The molecule has 128 valence electrons. The normalized spacial score (nSPS) is 10.6. The molecule has 8 heteroatoms. The zero-order valence-electron chi connectivity index (χ0n) is 12.9. The third-order valence-corrected chi connectivity index (χ3v) is 5.78. The highest BCUT2D eigenvalue weighted by Gasteiger charge is 2.13. The van der Waals surface area contributed by atoms with E-state index in [4.69, 9.17) is 23.2 Å². The van der Waals surface area contributed by atoms with E-state index in [1.54, 1.807) is 23.9 Å². The minimum Gasteiger partial charge on any atom is -0.296 e. The first-order valence-corrected chi connectivity index (χ1v) is 9.94. The van der Waals surface area contributed by atoms with E-state index in [2.05, 4.69) is 27.6 Å². The molecular formula is C17H13Cl2N3OS2. The van der Waals surface area contributed by atoms with Gasteiger partial charge >= 0.3 is 0 Å². The van der Waals surface area contributed by atoms with Crippen molar-refractivity contribution in [3.63, 3.8) is 0 Å². The van der Waals surface area contributed by atoms with E-state index in [9.17, 15) is 4.79 Å². The standard InChI is InChI=1S/C17H13Cl2N3OS2/c18-12-6-7-13(14(19)10-12)15(23)20-16-21-22-17(25-16)24-9-8-11-4-2-1-3-5-11/h1-7,10H,8-9H2,(H,20,21,23). The third kappa shape index (κ3) is 5.19. The SMILES string of the molecule is O=C(Nc1nnc(SCCc2ccccc2)s1)c1ccc(Cl)cc1Cl. The van der Waals surface area contributed by atoms with Gasteiger partial charge in [0, 0.05) is 10.8 Å². The van der Waals surface area contributed by atoms with Gasteiger partial charge in [-0.25, -0.2) is 0 Å². The molecule has 0 saturated carbocycles. The molecule has 1 aromatic heterocycles.